The van der Waals surface area contributed by atoms with Gasteiger partial charge in [-0.3, -0.25) is 9.59 Å². The summed E-state index contributed by atoms with van der Waals surface area (Å²) >= 11 is 3.12. The quantitative estimate of drug-likeness (QED) is 0.196. The number of hydrogen-bond acceptors (Lipinski definition) is 12. The van der Waals surface area contributed by atoms with Gasteiger partial charge in [-0.05, 0) is 49.2 Å². The molecule has 0 saturated heterocycles. The highest BCUT2D eigenvalue weighted by Gasteiger charge is 2.19. The molecular weight excluding hydrogens is 625 g/mol. The van der Waals surface area contributed by atoms with Crippen molar-refractivity contribution in [3.05, 3.63) is 59.7 Å². The first-order chi connectivity index (χ1) is 22.1. The van der Waals surface area contributed by atoms with Crippen LogP contribution in [-0.2, 0) is 22.7 Å². The van der Waals surface area contributed by atoms with Crippen LogP contribution in [0.1, 0.15) is 25.0 Å². The van der Waals surface area contributed by atoms with Gasteiger partial charge in [0, 0.05) is 85.7 Å². The molecule has 0 spiro atoms. The minimum atomic E-state index is -0.575. The first kappa shape index (κ1) is 38.2. The zero-order valence-electron chi connectivity index (χ0n) is 26.8. The molecule has 0 aromatic heterocycles. The maximum absolute atomic E-state index is 12.2. The number of benzene rings is 2. The third-order valence-electron chi connectivity index (χ3n) is 7.73. The lowest BCUT2D eigenvalue weighted by Crippen LogP contribution is -2.48. The molecule has 0 aliphatic carbocycles. The normalized spacial score (nSPS) is 25.3. The highest BCUT2D eigenvalue weighted by atomic mass is 32.2. The molecule has 1 aliphatic heterocycles. The van der Waals surface area contributed by atoms with E-state index >= 15 is 0 Å². The van der Waals surface area contributed by atoms with Crippen LogP contribution in [0, 0.1) is 0 Å². The van der Waals surface area contributed by atoms with Crippen LogP contribution in [0.4, 0.5) is 0 Å². The second-order valence-corrected chi connectivity index (χ2v) is 13.8. The summed E-state index contributed by atoms with van der Waals surface area (Å²) in [6, 6.07) is 14.8. The van der Waals surface area contributed by atoms with Gasteiger partial charge in [-0.25, -0.2) is 0 Å². The standard InChI is InChI=1S/C32H52N8O4S2/c1-21(41)27-17-35-9-11-37-29(31(33)43)19-46-26-8-4-6-24(14-26)16-40-28(22(2)42)18-36-10-12-38-30(32(34)44)20-45-25-7-3-5-23(13-25)15-39-27/h3-8,13-14,21-22,27-30,35-42H,9-12,15-20H2,1-2H3,(H2,33,43)(H2,34,44)/t21?,22?,27-,28-,29-,30-/m0/s1. The third-order valence-corrected chi connectivity index (χ3v) is 9.91. The Hall–Kier alpha value is -2.24. The van der Waals surface area contributed by atoms with E-state index in [0.29, 0.717) is 63.9 Å². The molecule has 0 saturated carbocycles. The molecule has 46 heavy (non-hydrogen) atoms. The van der Waals surface area contributed by atoms with Gasteiger partial charge in [0.15, 0.2) is 0 Å². The van der Waals surface area contributed by atoms with Crippen LogP contribution in [0.15, 0.2) is 58.3 Å². The summed E-state index contributed by atoms with van der Waals surface area (Å²) < 4.78 is 0. The van der Waals surface area contributed by atoms with Gasteiger partial charge in [-0.15, -0.1) is 23.5 Å². The highest BCUT2D eigenvalue weighted by Crippen LogP contribution is 2.21. The fourth-order valence-electron chi connectivity index (χ4n) is 4.84. The van der Waals surface area contributed by atoms with Crippen LogP contribution in [0.25, 0.3) is 0 Å². The van der Waals surface area contributed by atoms with Crippen molar-refractivity contribution < 1.29 is 19.8 Å². The lowest BCUT2D eigenvalue weighted by molar-refractivity contribution is -0.120. The van der Waals surface area contributed by atoms with Gasteiger partial charge in [-0.1, -0.05) is 24.3 Å². The lowest BCUT2D eigenvalue weighted by Gasteiger charge is -2.23. The van der Waals surface area contributed by atoms with E-state index in [-0.39, 0.29) is 12.1 Å². The lowest BCUT2D eigenvalue weighted by atomic mass is 10.1. The number of amides is 2. The molecule has 14 heteroatoms. The Bertz CT molecular complexity index is 1120. The van der Waals surface area contributed by atoms with Crippen LogP contribution in [-0.4, -0.2) is 109 Å². The van der Waals surface area contributed by atoms with E-state index in [1.54, 1.807) is 37.4 Å². The zero-order chi connectivity index (χ0) is 33.3. The number of carbonyl (C=O) groups excluding carboxylic acids is 2. The van der Waals surface area contributed by atoms with Crippen LogP contribution >= 0.6 is 23.5 Å². The largest absolute Gasteiger partial charge is 0.392 e. The van der Waals surface area contributed by atoms with Crippen LogP contribution in [0.5, 0.6) is 0 Å². The van der Waals surface area contributed by atoms with E-state index in [9.17, 15) is 19.8 Å². The number of primary amides is 2. The Balaban J connectivity index is 1.68. The van der Waals surface area contributed by atoms with Gasteiger partial charge in [0.05, 0.1) is 24.3 Å². The molecule has 256 valence electrons. The summed E-state index contributed by atoms with van der Waals surface area (Å²) in [7, 11) is 0. The summed E-state index contributed by atoms with van der Waals surface area (Å²) in [5.74, 6) is 0.182. The minimum Gasteiger partial charge on any atom is -0.392 e. The van der Waals surface area contributed by atoms with E-state index in [1.165, 1.54) is 0 Å². The topological polar surface area (TPSA) is 199 Å². The van der Waals surface area contributed by atoms with E-state index in [1.807, 2.05) is 36.4 Å². The molecule has 1 heterocycles. The van der Waals surface area contributed by atoms with Crippen molar-refractivity contribution in [3.63, 3.8) is 0 Å². The van der Waals surface area contributed by atoms with Gasteiger partial charge in [-0.2, -0.15) is 0 Å². The molecule has 4 bridgehead atoms. The van der Waals surface area contributed by atoms with E-state index in [2.05, 4.69) is 44.0 Å². The van der Waals surface area contributed by atoms with Gasteiger partial charge < -0.3 is 53.6 Å². The minimum absolute atomic E-state index is 0.180. The molecule has 1 aliphatic rings. The Labute approximate surface area is 281 Å². The predicted octanol–water partition coefficient (Wildman–Crippen LogP) is -0.671. The van der Waals surface area contributed by atoms with Crippen molar-refractivity contribution in [2.24, 2.45) is 11.5 Å². The van der Waals surface area contributed by atoms with Crippen molar-refractivity contribution in [1.82, 2.24) is 31.9 Å². The molecule has 2 amide bonds. The molecular formula is C32H52N8O4S2. The first-order valence-electron chi connectivity index (χ1n) is 15.9. The van der Waals surface area contributed by atoms with Gasteiger partial charge >= 0.3 is 0 Å². The first-order valence-corrected chi connectivity index (χ1v) is 17.8. The fourth-order valence-corrected chi connectivity index (χ4v) is 6.94. The maximum atomic E-state index is 12.2. The Morgan fingerprint density at radius 2 is 1.11 bits per heavy atom. The molecule has 0 fully saturated rings. The summed E-state index contributed by atoms with van der Waals surface area (Å²) in [4.78, 5) is 26.3. The summed E-state index contributed by atoms with van der Waals surface area (Å²) in [5.41, 5.74) is 13.5. The number of hydrogen-bond donors (Lipinski definition) is 10. The van der Waals surface area contributed by atoms with E-state index in [0.717, 1.165) is 20.9 Å². The number of aliphatic hydroxyl groups excluding tert-OH is 2. The molecule has 2 aromatic rings. The van der Waals surface area contributed by atoms with Crippen molar-refractivity contribution in [1.29, 1.82) is 0 Å². The summed E-state index contributed by atoms with van der Waals surface area (Å²) in [5, 5.41) is 40.8. The zero-order valence-corrected chi connectivity index (χ0v) is 28.5. The van der Waals surface area contributed by atoms with Crippen molar-refractivity contribution in [2.45, 2.75) is 73.1 Å². The van der Waals surface area contributed by atoms with Gasteiger partial charge in [0.25, 0.3) is 0 Å². The van der Waals surface area contributed by atoms with Crippen LogP contribution < -0.4 is 43.4 Å². The van der Waals surface area contributed by atoms with Crippen LogP contribution in [0.2, 0.25) is 0 Å². The van der Waals surface area contributed by atoms with Gasteiger partial charge in [0.2, 0.25) is 11.8 Å². The second kappa shape index (κ2) is 20.9. The predicted molar refractivity (Wildman–Crippen MR) is 187 cm³/mol. The van der Waals surface area contributed by atoms with Crippen molar-refractivity contribution in [3.8, 4) is 0 Å². The van der Waals surface area contributed by atoms with Crippen LogP contribution in [0.3, 0.4) is 0 Å². The molecule has 6 atom stereocenters. The number of nitrogens with two attached hydrogens (primary N) is 2. The number of carbonyl (C=O) groups is 2. The Morgan fingerprint density at radius 3 is 1.48 bits per heavy atom. The average molecular weight is 677 g/mol. The summed E-state index contributed by atoms with van der Waals surface area (Å²) in [6.45, 7) is 8.02. The molecule has 0 radical (unpaired) electrons. The monoisotopic (exact) mass is 676 g/mol. The molecule has 3 rings (SSSR count). The third kappa shape index (κ3) is 14.3. The highest BCUT2D eigenvalue weighted by molar-refractivity contribution is 7.99. The van der Waals surface area contributed by atoms with Crippen molar-refractivity contribution in [2.75, 3.05) is 50.8 Å². The molecule has 12 nitrogen and oxygen atoms in total. The molecule has 12 N–H and O–H groups in total. The Morgan fingerprint density at radius 1 is 0.696 bits per heavy atom. The number of thioether (sulfide) groups is 2. The smallest absolute Gasteiger partial charge is 0.235 e. The summed E-state index contributed by atoms with van der Waals surface area (Å²) in [6.07, 6.45) is -1.15. The second-order valence-electron chi connectivity index (χ2n) is 11.6. The average Bonchev–Trinajstić information content (AvgIpc) is 3.01. The number of rotatable bonds is 4. The molecule has 2 aromatic carbocycles. The molecule has 2 unspecified atom stereocenters. The maximum Gasteiger partial charge on any atom is 0.235 e. The Kier molecular flexibility index (Phi) is 17.3. The van der Waals surface area contributed by atoms with Gasteiger partial charge in [0.1, 0.15) is 0 Å². The van der Waals surface area contributed by atoms with E-state index in [4.69, 9.17) is 11.5 Å². The van der Waals surface area contributed by atoms with Crippen molar-refractivity contribution >= 4 is 35.3 Å². The number of aliphatic hydroxyl groups is 2. The van der Waals surface area contributed by atoms with E-state index < -0.39 is 36.1 Å². The SMILES string of the molecule is CC(O)[C@@H]1CNCCN[C@H](C(N)=O)CSc2cccc(c2)CN[C@H](C(C)O)CNCCN[C@H](C(N)=O)CSc2cccc(c2)CN1. The number of nitrogens with one attached hydrogen (secondary N) is 6. The number of fused-ring (bicyclic) bond motifs is 4. The fraction of sp³-hybridized carbons (Fsp3) is 0.562.